The lowest BCUT2D eigenvalue weighted by molar-refractivity contribution is -0.134. The summed E-state index contributed by atoms with van der Waals surface area (Å²) in [6.07, 6.45) is 2.28. The molecule has 0 amide bonds. The summed E-state index contributed by atoms with van der Waals surface area (Å²) in [6.45, 7) is 5.84. The lowest BCUT2D eigenvalue weighted by Crippen LogP contribution is -1.92. The van der Waals surface area contributed by atoms with Gasteiger partial charge in [-0.05, 0) is 12.8 Å². The molecular formula is C12H28O7S2. The van der Waals surface area contributed by atoms with Crippen LogP contribution in [0.15, 0.2) is 0 Å². The summed E-state index contributed by atoms with van der Waals surface area (Å²) < 4.78 is 5.13. The van der Waals surface area contributed by atoms with Gasteiger partial charge in [0, 0.05) is 13.2 Å². The number of ether oxygens (including phenoxy) is 1. The second-order valence-electron chi connectivity index (χ2n) is 3.16. The molecule has 0 bridgehead atoms. The van der Waals surface area contributed by atoms with Crippen molar-refractivity contribution in [3.8, 4) is 0 Å². The summed E-state index contributed by atoms with van der Waals surface area (Å²) >= 11 is 6.83. The smallest absolute Gasteiger partial charge is 0.313 e. The first-order valence-corrected chi connectivity index (χ1v) is 7.58. The van der Waals surface area contributed by atoms with Gasteiger partial charge in [-0.3, -0.25) is 9.59 Å². The zero-order chi connectivity index (χ0) is 17.5. The van der Waals surface area contributed by atoms with E-state index >= 15 is 0 Å². The minimum absolute atomic E-state index is 0.0833. The lowest BCUT2D eigenvalue weighted by atomic mass is 10.5. The summed E-state index contributed by atoms with van der Waals surface area (Å²) in [4.78, 5) is 18.6. The topological polar surface area (TPSA) is 124 Å². The van der Waals surface area contributed by atoms with E-state index in [9.17, 15) is 9.59 Å². The van der Waals surface area contributed by atoms with Crippen LogP contribution in [0.25, 0.3) is 0 Å². The molecule has 21 heavy (non-hydrogen) atoms. The maximum absolute atomic E-state index is 9.29. The molecule has 0 heterocycles. The van der Waals surface area contributed by atoms with E-state index in [1.165, 1.54) is 0 Å². The van der Waals surface area contributed by atoms with Crippen LogP contribution in [-0.4, -0.2) is 70.3 Å². The molecule has 0 radical (unpaired) electrons. The average molecular weight is 348 g/mol. The molecule has 0 fully saturated rings. The highest BCUT2D eigenvalue weighted by Crippen LogP contribution is 1.81. The Labute approximate surface area is 137 Å². The van der Waals surface area contributed by atoms with E-state index in [0.717, 1.165) is 26.1 Å². The predicted molar refractivity (Wildman–Crippen MR) is 88.6 cm³/mol. The van der Waals surface area contributed by atoms with Crippen molar-refractivity contribution in [3.05, 3.63) is 0 Å². The number of hydrogen-bond acceptors (Lipinski definition) is 7. The third-order valence-corrected chi connectivity index (χ3v) is 1.61. The molecule has 0 aromatic heterocycles. The Morgan fingerprint density at radius 2 is 1.10 bits per heavy atom. The van der Waals surface area contributed by atoms with E-state index in [-0.39, 0.29) is 24.7 Å². The van der Waals surface area contributed by atoms with Crippen LogP contribution in [0.4, 0.5) is 0 Å². The maximum atomic E-state index is 9.29. The van der Waals surface area contributed by atoms with Gasteiger partial charge in [0.1, 0.15) is 0 Å². The molecule has 0 aliphatic heterocycles. The number of rotatable bonds is 7. The van der Waals surface area contributed by atoms with Gasteiger partial charge in [0.15, 0.2) is 0 Å². The van der Waals surface area contributed by atoms with Gasteiger partial charge in [-0.25, -0.2) is 0 Å². The van der Waals surface area contributed by atoms with Gasteiger partial charge in [0.05, 0.1) is 24.7 Å². The minimum Gasteiger partial charge on any atom is -0.481 e. The predicted octanol–water partition coefficient (Wildman–Crippen LogP) is 0.796. The lowest BCUT2D eigenvalue weighted by Gasteiger charge is -1.95. The van der Waals surface area contributed by atoms with E-state index in [0.29, 0.717) is 0 Å². The summed E-state index contributed by atoms with van der Waals surface area (Å²) in [6, 6.07) is 0. The molecule has 0 saturated carbocycles. The molecule has 7 nitrogen and oxygen atoms in total. The minimum atomic E-state index is -0.881. The van der Waals surface area contributed by atoms with Crippen molar-refractivity contribution < 1.29 is 34.8 Å². The van der Waals surface area contributed by atoms with Gasteiger partial charge >= 0.3 is 11.9 Å². The van der Waals surface area contributed by atoms with Crippen molar-refractivity contribution in [1.29, 1.82) is 0 Å². The molecule has 0 aliphatic rings. The number of carbonyl (C=O) groups is 2. The fourth-order valence-electron chi connectivity index (χ4n) is 0.391. The quantitative estimate of drug-likeness (QED) is 0.297. The second kappa shape index (κ2) is 31.8. The van der Waals surface area contributed by atoms with Crippen LogP contribution < -0.4 is 0 Å². The number of hydrogen-bond donors (Lipinski definition) is 6. The summed E-state index contributed by atoms with van der Waals surface area (Å²) in [5, 5.41) is 30.5. The van der Waals surface area contributed by atoms with Crippen LogP contribution in [0.3, 0.4) is 0 Å². The molecule has 0 unspecified atom stereocenters. The van der Waals surface area contributed by atoms with E-state index < -0.39 is 11.9 Å². The van der Waals surface area contributed by atoms with Crippen LogP contribution in [0.1, 0.15) is 26.7 Å². The van der Waals surface area contributed by atoms with Crippen LogP contribution in [0, 0.1) is 0 Å². The first kappa shape index (κ1) is 28.6. The Bertz CT molecular complexity index is 184. The molecule has 9 heteroatoms. The van der Waals surface area contributed by atoms with Gasteiger partial charge in [0.25, 0.3) is 0 Å². The highest BCUT2D eigenvalue weighted by molar-refractivity contribution is 7.81. The molecule has 0 atom stereocenters. The van der Waals surface area contributed by atoms with E-state index in [4.69, 9.17) is 25.2 Å². The number of aliphatic carboxylic acids is 2. The third kappa shape index (κ3) is 82.5. The molecule has 0 rings (SSSR count). The monoisotopic (exact) mass is 348 g/mol. The van der Waals surface area contributed by atoms with Gasteiger partial charge in [-0.2, -0.15) is 25.3 Å². The highest BCUT2D eigenvalue weighted by atomic mass is 32.1. The molecule has 0 spiro atoms. The standard InChI is InChI=1S/C6H14O.2C2H4O2S.C2H6O2/c1-3-5-7-6-4-2;2*3-2(4)1-5;3-1-2-4/h3-6H2,1-2H3;2*5H,1H2,(H,3,4);3-4H,1-2H2. The molecule has 130 valence electrons. The molecular weight excluding hydrogens is 320 g/mol. The van der Waals surface area contributed by atoms with Crippen LogP contribution >= 0.6 is 25.3 Å². The van der Waals surface area contributed by atoms with Crippen molar-refractivity contribution in [1.82, 2.24) is 0 Å². The molecule has 0 aromatic carbocycles. The highest BCUT2D eigenvalue weighted by Gasteiger charge is 1.82. The first-order valence-electron chi connectivity index (χ1n) is 6.32. The van der Waals surface area contributed by atoms with E-state index in [2.05, 4.69) is 39.1 Å². The zero-order valence-electron chi connectivity index (χ0n) is 12.6. The Kier molecular flexibility index (Phi) is 43.3. The Morgan fingerprint density at radius 3 is 1.19 bits per heavy atom. The Morgan fingerprint density at radius 1 is 0.857 bits per heavy atom. The molecule has 4 N–H and O–H groups in total. The van der Waals surface area contributed by atoms with Gasteiger partial charge < -0.3 is 25.2 Å². The summed E-state index contributed by atoms with van der Waals surface area (Å²) in [5.41, 5.74) is 0. The van der Waals surface area contributed by atoms with Crippen molar-refractivity contribution in [2.45, 2.75) is 26.7 Å². The van der Waals surface area contributed by atoms with Crippen LogP contribution in [0.5, 0.6) is 0 Å². The van der Waals surface area contributed by atoms with Crippen LogP contribution in [0.2, 0.25) is 0 Å². The number of aliphatic hydroxyl groups is 2. The number of thiol groups is 2. The first-order chi connectivity index (χ1) is 9.87. The largest absolute Gasteiger partial charge is 0.481 e. The SMILES string of the molecule is CCCOCCC.O=C(O)CS.O=C(O)CS.OCCO. The van der Waals surface area contributed by atoms with E-state index in [1.807, 2.05) is 0 Å². The van der Waals surface area contributed by atoms with Crippen molar-refractivity contribution in [2.75, 3.05) is 37.9 Å². The Balaban J connectivity index is -0.0000000939. The summed E-state index contributed by atoms with van der Waals surface area (Å²) in [7, 11) is 0. The number of aliphatic hydroxyl groups excluding tert-OH is 2. The number of carboxylic acid groups (broad SMARTS) is 2. The van der Waals surface area contributed by atoms with Crippen molar-refractivity contribution in [3.63, 3.8) is 0 Å². The van der Waals surface area contributed by atoms with E-state index in [1.54, 1.807) is 0 Å². The number of carboxylic acids is 2. The summed E-state index contributed by atoms with van der Waals surface area (Å²) in [5.74, 6) is -1.93. The van der Waals surface area contributed by atoms with Gasteiger partial charge in [-0.15, -0.1) is 0 Å². The second-order valence-corrected chi connectivity index (χ2v) is 3.80. The maximum Gasteiger partial charge on any atom is 0.313 e. The molecule has 0 aromatic rings. The van der Waals surface area contributed by atoms with Gasteiger partial charge in [-0.1, -0.05) is 13.8 Å². The average Bonchev–Trinajstić information content (AvgIpc) is 2.49. The van der Waals surface area contributed by atoms with Crippen LogP contribution in [-0.2, 0) is 14.3 Å². The fraction of sp³-hybridized carbons (Fsp3) is 0.833. The third-order valence-electron chi connectivity index (χ3n) is 1.07. The fourth-order valence-corrected chi connectivity index (χ4v) is 0.391. The van der Waals surface area contributed by atoms with Crippen molar-refractivity contribution in [2.24, 2.45) is 0 Å². The van der Waals surface area contributed by atoms with Crippen molar-refractivity contribution >= 4 is 37.2 Å². The molecule has 0 aliphatic carbocycles. The zero-order valence-corrected chi connectivity index (χ0v) is 14.4. The molecule has 0 saturated heterocycles. The van der Waals surface area contributed by atoms with Gasteiger partial charge in [0.2, 0.25) is 0 Å². The Hall–Kier alpha value is -0.480. The normalized spacial score (nSPS) is 8.10.